The molecular formula is C22H22F2O4Sn. The molecule has 0 atom stereocenters. The quantitative estimate of drug-likeness (QED) is 0.471. The van der Waals surface area contributed by atoms with E-state index in [1.54, 1.807) is 0 Å². The van der Waals surface area contributed by atoms with Crippen molar-refractivity contribution >= 4 is 45.2 Å². The van der Waals surface area contributed by atoms with Crippen molar-refractivity contribution in [1.29, 1.82) is 0 Å². The molecule has 2 aromatic carbocycles. The summed E-state index contributed by atoms with van der Waals surface area (Å²) in [5.74, 6) is -3.12. The SMILES string of the molecule is C/C(=C\c1ccc(F)cc1)C(=O)[O-].C/C(=C\c1ccc(F)cc1)C(=O)[O-].[CH3][Sn+2][CH3]. The van der Waals surface area contributed by atoms with Crippen molar-refractivity contribution in [2.24, 2.45) is 0 Å². The molecule has 0 saturated carbocycles. The molecule has 4 nitrogen and oxygen atoms in total. The number of carboxylic acids is 2. The average molecular weight is 507 g/mol. The van der Waals surface area contributed by atoms with Gasteiger partial charge in [-0.2, -0.15) is 0 Å². The first-order valence-corrected chi connectivity index (χ1v) is 14.2. The van der Waals surface area contributed by atoms with E-state index in [0.717, 1.165) is 0 Å². The van der Waals surface area contributed by atoms with Gasteiger partial charge in [-0.05, 0) is 60.4 Å². The van der Waals surface area contributed by atoms with Crippen LogP contribution in [0.15, 0.2) is 59.7 Å². The summed E-state index contributed by atoms with van der Waals surface area (Å²) >= 11 is 0.230. The van der Waals surface area contributed by atoms with Crippen molar-refractivity contribution in [3.8, 4) is 0 Å². The van der Waals surface area contributed by atoms with E-state index in [0.29, 0.717) is 11.1 Å². The first-order valence-electron chi connectivity index (χ1n) is 8.49. The Hall–Kier alpha value is -2.48. The number of carbonyl (C=O) groups is 2. The van der Waals surface area contributed by atoms with Crippen molar-refractivity contribution in [3.63, 3.8) is 0 Å². The van der Waals surface area contributed by atoms with Crippen LogP contribution in [-0.2, 0) is 9.59 Å². The van der Waals surface area contributed by atoms with Crippen LogP contribution in [0.5, 0.6) is 0 Å². The van der Waals surface area contributed by atoms with Gasteiger partial charge in [-0.3, -0.25) is 0 Å². The topological polar surface area (TPSA) is 80.3 Å². The maximum atomic E-state index is 12.4. The van der Waals surface area contributed by atoms with Crippen LogP contribution in [0, 0.1) is 11.6 Å². The van der Waals surface area contributed by atoms with Gasteiger partial charge < -0.3 is 19.8 Å². The van der Waals surface area contributed by atoms with Crippen LogP contribution in [0.2, 0.25) is 9.88 Å². The van der Waals surface area contributed by atoms with Crippen molar-refractivity contribution in [1.82, 2.24) is 0 Å². The van der Waals surface area contributed by atoms with Crippen LogP contribution in [0.3, 0.4) is 0 Å². The van der Waals surface area contributed by atoms with E-state index in [1.807, 2.05) is 0 Å². The van der Waals surface area contributed by atoms with Gasteiger partial charge in [0, 0.05) is 0 Å². The Morgan fingerprint density at radius 3 is 1.17 bits per heavy atom. The van der Waals surface area contributed by atoms with Gasteiger partial charge in [0.15, 0.2) is 0 Å². The molecule has 0 saturated heterocycles. The van der Waals surface area contributed by atoms with Gasteiger partial charge in [-0.1, -0.05) is 36.4 Å². The Morgan fingerprint density at radius 1 is 0.724 bits per heavy atom. The van der Waals surface area contributed by atoms with Crippen molar-refractivity contribution in [2.45, 2.75) is 23.7 Å². The minimum atomic E-state index is -1.22. The summed E-state index contributed by atoms with van der Waals surface area (Å²) in [7, 11) is 0. The van der Waals surface area contributed by atoms with E-state index in [2.05, 4.69) is 9.88 Å². The first-order chi connectivity index (χ1) is 13.6. The molecule has 0 heterocycles. The number of aliphatic carboxylic acids is 2. The van der Waals surface area contributed by atoms with E-state index in [9.17, 15) is 28.6 Å². The molecule has 0 bridgehead atoms. The normalized spacial score (nSPS) is 10.6. The monoisotopic (exact) mass is 508 g/mol. The second-order valence-electron chi connectivity index (χ2n) is 5.83. The zero-order chi connectivity index (χ0) is 22.4. The standard InChI is InChI=1S/2C10H9FO2.2CH3.Sn/c2*1-7(10(12)13)6-8-2-4-9(11)5-3-8;;;/h2*2-6H,1H3,(H,12,13);2*1H3;/q;;;;+2/p-2/b2*7-6+;;;. The molecule has 0 N–H and O–H groups in total. The van der Waals surface area contributed by atoms with E-state index in [-0.39, 0.29) is 43.9 Å². The number of carbonyl (C=O) groups excluding carboxylic acids is 2. The Labute approximate surface area is 179 Å². The fraction of sp³-hybridized carbons (Fsp3) is 0.182. The maximum absolute atomic E-state index is 12.4. The van der Waals surface area contributed by atoms with Crippen LogP contribution in [0.1, 0.15) is 25.0 Å². The number of hydrogen-bond acceptors (Lipinski definition) is 4. The van der Waals surface area contributed by atoms with Crippen LogP contribution in [0.25, 0.3) is 12.2 Å². The van der Waals surface area contributed by atoms with E-state index in [1.165, 1.54) is 74.5 Å². The third kappa shape index (κ3) is 12.6. The second kappa shape index (κ2) is 14.5. The summed E-state index contributed by atoms with van der Waals surface area (Å²) in [5, 5.41) is 20.6. The number of benzene rings is 2. The number of halogens is 2. The van der Waals surface area contributed by atoms with Gasteiger partial charge in [0.05, 0.1) is 11.9 Å². The summed E-state index contributed by atoms with van der Waals surface area (Å²) in [4.78, 5) is 25.2. The summed E-state index contributed by atoms with van der Waals surface area (Å²) in [6.07, 6.45) is 2.85. The van der Waals surface area contributed by atoms with Gasteiger partial charge in [-0.15, -0.1) is 0 Å². The van der Waals surface area contributed by atoms with Crippen LogP contribution >= 0.6 is 0 Å². The Morgan fingerprint density at radius 2 is 0.966 bits per heavy atom. The molecule has 0 aliphatic rings. The molecule has 0 aliphatic carbocycles. The summed E-state index contributed by atoms with van der Waals surface area (Å²) in [6, 6.07) is 11.1. The Kier molecular flexibility index (Phi) is 13.3. The summed E-state index contributed by atoms with van der Waals surface area (Å²) in [6.45, 7) is 2.86. The molecule has 2 aromatic rings. The van der Waals surface area contributed by atoms with Gasteiger partial charge in [0.1, 0.15) is 11.6 Å². The van der Waals surface area contributed by atoms with Crippen LogP contribution in [-0.4, -0.2) is 33.1 Å². The van der Waals surface area contributed by atoms with Crippen molar-refractivity contribution in [2.75, 3.05) is 0 Å². The van der Waals surface area contributed by atoms with Gasteiger partial charge in [0.2, 0.25) is 0 Å². The molecule has 0 aliphatic heterocycles. The second-order valence-corrected chi connectivity index (χ2v) is 8.69. The zero-order valence-corrected chi connectivity index (χ0v) is 19.5. The van der Waals surface area contributed by atoms with Crippen LogP contribution in [0.4, 0.5) is 8.78 Å². The molecule has 0 amide bonds. The molecule has 0 fully saturated rings. The van der Waals surface area contributed by atoms with E-state index in [4.69, 9.17) is 0 Å². The average Bonchev–Trinajstić information content (AvgIpc) is 2.66. The van der Waals surface area contributed by atoms with Crippen molar-refractivity contribution in [3.05, 3.63) is 82.4 Å². The zero-order valence-electron chi connectivity index (χ0n) is 16.7. The molecule has 0 radical (unpaired) electrons. The third-order valence-electron chi connectivity index (χ3n) is 3.15. The molecule has 2 rings (SSSR count). The summed E-state index contributed by atoms with van der Waals surface area (Å²) in [5.41, 5.74) is 1.52. The predicted molar refractivity (Wildman–Crippen MR) is 108 cm³/mol. The fourth-order valence-electron chi connectivity index (χ4n) is 1.74. The van der Waals surface area contributed by atoms with E-state index < -0.39 is 11.9 Å². The molecule has 7 heteroatoms. The number of rotatable bonds is 4. The first kappa shape index (κ1) is 26.5. The fourth-order valence-corrected chi connectivity index (χ4v) is 1.74. The number of carboxylic acid groups (broad SMARTS) is 2. The molecule has 29 heavy (non-hydrogen) atoms. The Balaban J connectivity index is 0.000000477. The molecular weight excluding hydrogens is 485 g/mol. The predicted octanol–water partition coefficient (Wildman–Crippen LogP) is 2.74. The van der Waals surface area contributed by atoms with Crippen LogP contribution < -0.4 is 10.2 Å². The van der Waals surface area contributed by atoms with Crippen molar-refractivity contribution < 1.29 is 28.6 Å². The van der Waals surface area contributed by atoms with E-state index >= 15 is 0 Å². The van der Waals surface area contributed by atoms with Gasteiger partial charge in [0.25, 0.3) is 0 Å². The minimum absolute atomic E-state index is 0.117. The molecule has 0 unspecified atom stereocenters. The third-order valence-corrected chi connectivity index (χ3v) is 3.15. The Bertz CT molecular complexity index is 771. The molecule has 152 valence electrons. The summed E-state index contributed by atoms with van der Waals surface area (Å²) < 4.78 is 24.9. The van der Waals surface area contributed by atoms with Gasteiger partial charge >= 0.3 is 31.0 Å². The van der Waals surface area contributed by atoms with Gasteiger partial charge in [-0.25, -0.2) is 8.78 Å². The number of hydrogen-bond donors (Lipinski definition) is 0. The molecule has 0 aromatic heterocycles. The molecule has 0 spiro atoms.